The molecule has 2 nitrogen and oxygen atoms in total. The Labute approximate surface area is 120 Å². The van der Waals surface area contributed by atoms with Crippen molar-refractivity contribution in [3.63, 3.8) is 0 Å². The lowest BCUT2D eigenvalue weighted by Crippen LogP contribution is -2.33. The number of benzene rings is 2. The smallest absolute Gasteiger partial charge is 0.0991 e. The predicted octanol–water partition coefficient (Wildman–Crippen LogP) is 4.22. The molecule has 100 valence electrons. The van der Waals surface area contributed by atoms with Crippen molar-refractivity contribution in [3.05, 3.63) is 65.2 Å². The second kappa shape index (κ2) is 5.38. The van der Waals surface area contributed by atoms with Gasteiger partial charge in [0.25, 0.3) is 0 Å². The summed E-state index contributed by atoms with van der Waals surface area (Å²) in [5.74, 6) is 0.686. The van der Waals surface area contributed by atoms with Crippen molar-refractivity contribution in [3.8, 4) is 6.07 Å². The van der Waals surface area contributed by atoms with Gasteiger partial charge in [-0.1, -0.05) is 29.8 Å². The van der Waals surface area contributed by atoms with Crippen LogP contribution in [-0.2, 0) is 0 Å². The zero-order chi connectivity index (χ0) is 13.9. The molecule has 1 fully saturated rings. The van der Waals surface area contributed by atoms with Crippen molar-refractivity contribution < 1.29 is 0 Å². The molecule has 2 aromatic rings. The van der Waals surface area contributed by atoms with Gasteiger partial charge in [0.05, 0.1) is 11.6 Å². The predicted molar refractivity (Wildman–Crippen MR) is 81.7 cm³/mol. The fourth-order valence-corrected chi connectivity index (χ4v) is 2.81. The van der Waals surface area contributed by atoms with Gasteiger partial charge in [-0.3, -0.25) is 0 Å². The topological polar surface area (TPSA) is 35.8 Å². The maximum atomic E-state index is 8.78. The number of rotatable bonds is 3. The number of anilines is 1. The molecule has 0 atom stereocenters. The molecule has 0 aliphatic heterocycles. The third kappa shape index (κ3) is 2.67. The Morgan fingerprint density at radius 3 is 2.50 bits per heavy atom. The summed E-state index contributed by atoms with van der Waals surface area (Å²) in [4.78, 5) is 0. The monoisotopic (exact) mass is 262 g/mol. The summed E-state index contributed by atoms with van der Waals surface area (Å²) in [7, 11) is 0. The molecule has 1 saturated carbocycles. The van der Waals surface area contributed by atoms with Gasteiger partial charge >= 0.3 is 0 Å². The lowest BCUT2D eigenvalue weighted by Gasteiger charge is -2.37. The largest absolute Gasteiger partial charge is 0.382 e. The molecule has 3 rings (SSSR count). The quantitative estimate of drug-likeness (QED) is 0.898. The molecule has 1 aliphatic rings. The van der Waals surface area contributed by atoms with Crippen molar-refractivity contribution in [2.45, 2.75) is 31.7 Å². The highest BCUT2D eigenvalue weighted by Gasteiger charge is 2.30. The van der Waals surface area contributed by atoms with Crippen molar-refractivity contribution in [2.75, 3.05) is 5.32 Å². The first kappa shape index (κ1) is 12.7. The third-order valence-electron chi connectivity index (χ3n) is 4.04. The van der Waals surface area contributed by atoms with E-state index in [2.05, 4.69) is 42.6 Å². The Kier molecular flexibility index (Phi) is 3.43. The van der Waals surface area contributed by atoms with E-state index in [4.69, 9.17) is 5.26 Å². The van der Waals surface area contributed by atoms with Crippen LogP contribution in [0.3, 0.4) is 0 Å². The van der Waals surface area contributed by atoms with Crippen LogP contribution in [0.2, 0.25) is 0 Å². The molecule has 0 unspecified atom stereocenters. The first-order valence-electron chi connectivity index (χ1n) is 7.08. The van der Waals surface area contributed by atoms with Gasteiger partial charge in [-0.15, -0.1) is 0 Å². The minimum Gasteiger partial charge on any atom is -0.382 e. The summed E-state index contributed by atoms with van der Waals surface area (Å²) < 4.78 is 0. The van der Waals surface area contributed by atoms with Crippen LogP contribution in [0.25, 0.3) is 0 Å². The molecule has 0 heterocycles. The van der Waals surface area contributed by atoms with Gasteiger partial charge in [0, 0.05) is 11.7 Å². The van der Waals surface area contributed by atoms with Gasteiger partial charge in [-0.2, -0.15) is 5.26 Å². The molecular weight excluding hydrogens is 244 g/mol. The molecule has 0 amide bonds. The van der Waals surface area contributed by atoms with E-state index in [0.29, 0.717) is 17.5 Å². The van der Waals surface area contributed by atoms with Gasteiger partial charge in [-0.25, -0.2) is 0 Å². The number of hydrogen-bond acceptors (Lipinski definition) is 2. The summed E-state index contributed by atoms with van der Waals surface area (Å²) in [6.07, 6.45) is 2.37. The van der Waals surface area contributed by atoms with Gasteiger partial charge in [0.15, 0.2) is 0 Å². The van der Waals surface area contributed by atoms with Crippen LogP contribution in [0.4, 0.5) is 5.69 Å². The second-order valence-electron chi connectivity index (χ2n) is 5.61. The van der Waals surface area contributed by atoms with E-state index in [1.807, 2.05) is 24.3 Å². The minimum atomic E-state index is 0.549. The van der Waals surface area contributed by atoms with Crippen LogP contribution in [0.5, 0.6) is 0 Å². The summed E-state index contributed by atoms with van der Waals surface area (Å²) in [6.45, 7) is 2.15. The van der Waals surface area contributed by atoms with Gasteiger partial charge in [0.1, 0.15) is 0 Å². The van der Waals surface area contributed by atoms with E-state index < -0.39 is 0 Å². The van der Waals surface area contributed by atoms with Crippen LogP contribution in [0.1, 0.15) is 35.4 Å². The SMILES string of the molecule is Cc1cccc(C2CC(Nc3ccc(C#N)cc3)C2)c1. The molecule has 0 spiro atoms. The number of nitriles is 1. The van der Waals surface area contributed by atoms with Crippen molar-refractivity contribution in [1.82, 2.24) is 0 Å². The molecular formula is C18H18N2. The number of hydrogen-bond donors (Lipinski definition) is 1. The lowest BCUT2D eigenvalue weighted by molar-refractivity contribution is 0.374. The van der Waals surface area contributed by atoms with Crippen LogP contribution in [0, 0.1) is 18.3 Å². The second-order valence-corrected chi connectivity index (χ2v) is 5.61. The van der Waals surface area contributed by atoms with E-state index in [0.717, 1.165) is 5.69 Å². The van der Waals surface area contributed by atoms with E-state index >= 15 is 0 Å². The molecule has 1 N–H and O–H groups in total. The lowest BCUT2D eigenvalue weighted by atomic mass is 9.75. The van der Waals surface area contributed by atoms with Gasteiger partial charge in [-0.05, 0) is 55.5 Å². The fourth-order valence-electron chi connectivity index (χ4n) is 2.81. The van der Waals surface area contributed by atoms with Crippen molar-refractivity contribution in [1.29, 1.82) is 5.26 Å². The molecule has 2 aromatic carbocycles. The Morgan fingerprint density at radius 1 is 1.10 bits per heavy atom. The summed E-state index contributed by atoms with van der Waals surface area (Å²) in [6, 6.07) is 19.2. The average Bonchev–Trinajstić information content (AvgIpc) is 2.43. The van der Waals surface area contributed by atoms with Gasteiger partial charge in [0.2, 0.25) is 0 Å². The van der Waals surface area contributed by atoms with Crippen molar-refractivity contribution in [2.24, 2.45) is 0 Å². The average molecular weight is 262 g/mol. The zero-order valence-electron chi connectivity index (χ0n) is 11.6. The van der Waals surface area contributed by atoms with E-state index in [-0.39, 0.29) is 0 Å². The first-order chi connectivity index (χ1) is 9.74. The Morgan fingerprint density at radius 2 is 1.85 bits per heavy atom. The number of aryl methyl sites for hydroxylation is 1. The van der Waals surface area contributed by atoms with E-state index in [9.17, 15) is 0 Å². The molecule has 0 aromatic heterocycles. The normalized spacial score (nSPS) is 20.8. The standard InChI is InChI=1S/C18H18N2/c1-13-3-2-4-15(9-13)16-10-18(11-16)20-17-7-5-14(12-19)6-8-17/h2-9,16,18,20H,10-11H2,1H3. The number of nitrogens with one attached hydrogen (secondary N) is 1. The summed E-state index contributed by atoms with van der Waals surface area (Å²) >= 11 is 0. The summed E-state index contributed by atoms with van der Waals surface area (Å²) in [5, 5.41) is 12.3. The maximum absolute atomic E-state index is 8.78. The van der Waals surface area contributed by atoms with E-state index in [1.54, 1.807) is 0 Å². The van der Waals surface area contributed by atoms with Gasteiger partial charge < -0.3 is 5.32 Å². The molecule has 20 heavy (non-hydrogen) atoms. The van der Waals surface area contributed by atoms with E-state index in [1.165, 1.54) is 24.0 Å². The molecule has 2 heteroatoms. The first-order valence-corrected chi connectivity index (χ1v) is 7.08. The zero-order valence-corrected chi connectivity index (χ0v) is 11.6. The van der Waals surface area contributed by atoms with Crippen LogP contribution in [0.15, 0.2) is 48.5 Å². The highest BCUT2D eigenvalue weighted by atomic mass is 14.9. The molecule has 0 saturated heterocycles. The summed E-state index contributed by atoms with van der Waals surface area (Å²) in [5.41, 5.74) is 4.62. The Balaban J connectivity index is 1.56. The highest BCUT2D eigenvalue weighted by Crippen LogP contribution is 2.38. The van der Waals surface area contributed by atoms with Crippen LogP contribution < -0.4 is 5.32 Å². The Bertz CT molecular complexity index is 631. The van der Waals surface area contributed by atoms with Crippen LogP contribution in [-0.4, -0.2) is 6.04 Å². The number of nitrogens with zero attached hydrogens (tertiary/aromatic N) is 1. The Hall–Kier alpha value is -2.27. The third-order valence-corrected chi connectivity index (χ3v) is 4.04. The highest BCUT2D eigenvalue weighted by molar-refractivity contribution is 5.48. The minimum absolute atomic E-state index is 0.549. The molecule has 1 aliphatic carbocycles. The molecule has 0 radical (unpaired) electrons. The maximum Gasteiger partial charge on any atom is 0.0991 e. The van der Waals surface area contributed by atoms with Crippen LogP contribution >= 0.6 is 0 Å². The molecule has 0 bridgehead atoms. The fraction of sp³-hybridized carbons (Fsp3) is 0.278. The van der Waals surface area contributed by atoms with Crippen molar-refractivity contribution >= 4 is 5.69 Å².